The van der Waals surface area contributed by atoms with E-state index in [-0.39, 0.29) is 6.09 Å². The maximum Gasteiger partial charge on any atom is 0.410 e. The van der Waals surface area contributed by atoms with Gasteiger partial charge in [0.15, 0.2) is 0 Å². The summed E-state index contributed by atoms with van der Waals surface area (Å²) >= 11 is 0. The molecule has 2 aliphatic rings. The van der Waals surface area contributed by atoms with E-state index in [4.69, 9.17) is 9.47 Å². The van der Waals surface area contributed by atoms with Gasteiger partial charge in [0.25, 0.3) is 0 Å². The van der Waals surface area contributed by atoms with Gasteiger partial charge in [-0.05, 0) is 63.7 Å². The zero-order valence-corrected chi connectivity index (χ0v) is 19.7. The summed E-state index contributed by atoms with van der Waals surface area (Å²) in [7, 11) is -3.15. The van der Waals surface area contributed by atoms with E-state index in [1.165, 1.54) is 10.6 Å². The maximum atomic E-state index is 12.2. The largest absolute Gasteiger partial charge is 0.492 e. The van der Waals surface area contributed by atoms with Gasteiger partial charge in [0.05, 0.1) is 24.8 Å². The Morgan fingerprint density at radius 3 is 2.42 bits per heavy atom. The van der Waals surface area contributed by atoms with E-state index in [0.717, 1.165) is 24.1 Å². The van der Waals surface area contributed by atoms with Crippen molar-refractivity contribution in [3.8, 4) is 5.75 Å². The van der Waals surface area contributed by atoms with Gasteiger partial charge in [-0.15, -0.1) is 0 Å². The molecule has 0 aromatic carbocycles. The molecule has 0 spiro atoms. The second kappa shape index (κ2) is 9.56. The predicted molar refractivity (Wildman–Crippen MR) is 119 cm³/mol. The number of ether oxygens (including phenoxy) is 2. The van der Waals surface area contributed by atoms with Crippen LogP contribution in [0.5, 0.6) is 5.75 Å². The van der Waals surface area contributed by atoms with E-state index in [1.54, 1.807) is 11.1 Å². The zero-order valence-electron chi connectivity index (χ0n) is 18.8. The molecular formula is C22H33N3O5S. The fourth-order valence-corrected chi connectivity index (χ4v) is 4.43. The predicted octanol–water partition coefficient (Wildman–Crippen LogP) is 3.16. The summed E-state index contributed by atoms with van der Waals surface area (Å²) in [4.78, 5) is 18.4. The van der Waals surface area contributed by atoms with Crippen molar-refractivity contribution in [2.45, 2.75) is 45.6 Å². The number of likely N-dealkylation sites (tertiary alicyclic amines) is 1. The van der Waals surface area contributed by atoms with Gasteiger partial charge in [-0.2, -0.15) is 4.31 Å². The standard InChI is InChI=1S/C22H33N3O5S/c1-22(2,3)30-21(26)24-11-7-17(8-12-24)16-29-19-5-6-20(23-15-19)18-9-13-25(14-10-18)31(4,27)28/h5-6,9,15,17H,7-8,10-14,16H2,1-4H3. The van der Waals surface area contributed by atoms with Gasteiger partial charge in [-0.3, -0.25) is 4.98 Å². The molecule has 9 heteroatoms. The highest BCUT2D eigenvalue weighted by Crippen LogP contribution is 2.24. The topological polar surface area (TPSA) is 89.0 Å². The number of pyridine rings is 1. The minimum atomic E-state index is -3.15. The Labute approximate surface area is 185 Å². The average Bonchev–Trinajstić information content (AvgIpc) is 2.71. The summed E-state index contributed by atoms with van der Waals surface area (Å²) in [5.74, 6) is 1.11. The first-order chi connectivity index (χ1) is 14.5. The Balaban J connectivity index is 1.44. The van der Waals surface area contributed by atoms with Crippen LogP contribution < -0.4 is 4.74 Å². The Hall–Kier alpha value is -2.13. The fourth-order valence-electron chi connectivity index (χ4n) is 3.66. The summed E-state index contributed by atoms with van der Waals surface area (Å²) in [6.45, 7) is 8.44. The van der Waals surface area contributed by atoms with Crippen LogP contribution in [0.4, 0.5) is 4.79 Å². The summed E-state index contributed by atoms with van der Waals surface area (Å²) < 4.78 is 36.1. The number of nitrogens with zero attached hydrogens (tertiary/aromatic N) is 3. The van der Waals surface area contributed by atoms with Crippen LogP contribution in [0, 0.1) is 5.92 Å². The normalized spacial score (nSPS) is 19.1. The third-order valence-corrected chi connectivity index (χ3v) is 6.73. The highest BCUT2D eigenvalue weighted by atomic mass is 32.2. The van der Waals surface area contributed by atoms with Crippen LogP contribution in [0.1, 0.15) is 45.7 Å². The summed E-state index contributed by atoms with van der Waals surface area (Å²) in [6.07, 6.45) is 7.04. The first-order valence-corrected chi connectivity index (χ1v) is 12.6. The number of sulfonamides is 1. The first-order valence-electron chi connectivity index (χ1n) is 10.7. The molecule has 1 aromatic heterocycles. The van der Waals surface area contributed by atoms with Gasteiger partial charge >= 0.3 is 6.09 Å². The molecule has 0 unspecified atom stereocenters. The minimum absolute atomic E-state index is 0.247. The summed E-state index contributed by atoms with van der Waals surface area (Å²) in [6, 6.07) is 3.82. The zero-order chi connectivity index (χ0) is 22.6. The van der Waals surface area contributed by atoms with Crippen LogP contribution in [0.3, 0.4) is 0 Å². The number of aromatic nitrogens is 1. The number of hydrogen-bond acceptors (Lipinski definition) is 6. The van der Waals surface area contributed by atoms with Gasteiger partial charge in [0, 0.05) is 26.2 Å². The lowest BCUT2D eigenvalue weighted by Crippen LogP contribution is -2.42. The van der Waals surface area contributed by atoms with Crippen molar-refractivity contribution >= 4 is 21.7 Å². The Bertz CT molecular complexity index is 898. The highest BCUT2D eigenvalue weighted by molar-refractivity contribution is 7.88. The Morgan fingerprint density at radius 1 is 1.19 bits per heavy atom. The molecule has 172 valence electrons. The molecule has 0 bridgehead atoms. The smallest absolute Gasteiger partial charge is 0.410 e. The van der Waals surface area contributed by atoms with Crippen molar-refractivity contribution in [2.24, 2.45) is 5.92 Å². The third kappa shape index (κ3) is 6.93. The van der Waals surface area contributed by atoms with Crippen molar-refractivity contribution in [2.75, 3.05) is 39.0 Å². The van der Waals surface area contributed by atoms with Crippen molar-refractivity contribution < 1.29 is 22.7 Å². The van der Waals surface area contributed by atoms with E-state index < -0.39 is 15.6 Å². The Morgan fingerprint density at radius 2 is 1.90 bits per heavy atom. The highest BCUT2D eigenvalue weighted by Gasteiger charge is 2.27. The molecule has 0 radical (unpaired) electrons. The van der Waals surface area contributed by atoms with Crippen molar-refractivity contribution in [3.05, 3.63) is 30.1 Å². The van der Waals surface area contributed by atoms with E-state index >= 15 is 0 Å². The molecule has 1 fully saturated rings. The van der Waals surface area contributed by atoms with E-state index in [2.05, 4.69) is 4.98 Å². The maximum absolute atomic E-state index is 12.2. The lowest BCUT2D eigenvalue weighted by Gasteiger charge is -2.33. The van der Waals surface area contributed by atoms with Crippen LogP contribution in [-0.4, -0.2) is 73.3 Å². The monoisotopic (exact) mass is 451 g/mol. The van der Waals surface area contributed by atoms with Crippen molar-refractivity contribution in [1.29, 1.82) is 0 Å². The van der Waals surface area contributed by atoms with Crippen LogP contribution in [0.2, 0.25) is 0 Å². The number of rotatable bonds is 5. The molecule has 2 aliphatic heterocycles. The average molecular weight is 452 g/mol. The summed E-state index contributed by atoms with van der Waals surface area (Å²) in [5, 5.41) is 0. The molecule has 0 atom stereocenters. The molecule has 0 saturated carbocycles. The number of amides is 1. The second-order valence-corrected chi connectivity index (χ2v) is 11.2. The van der Waals surface area contributed by atoms with Gasteiger partial charge in [0.1, 0.15) is 11.4 Å². The molecular weight excluding hydrogens is 418 g/mol. The van der Waals surface area contributed by atoms with E-state index in [0.29, 0.717) is 50.9 Å². The van der Waals surface area contributed by atoms with Gasteiger partial charge in [-0.25, -0.2) is 13.2 Å². The van der Waals surface area contributed by atoms with E-state index in [1.807, 2.05) is 39.0 Å². The Kier molecular flexibility index (Phi) is 7.26. The molecule has 3 rings (SSSR count). The first kappa shape index (κ1) is 23.5. The quantitative estimate of drug-likeness (QED) is 0.683. The third-order valence-electron chi connectivity index (χ3n) is 5.46. The van der Waals surface area contributed by atoms with E-state index in [9.17, 15) is 13.2 Å². The second-order valence-electron chi connectivity index (χ2n) is 9.20. The molecule has 1 saturated heterocycles. The number of hydrogen-bond donors (Lipinski definition) is 0. The lowest BCUT2D eigenvalue weighted by atomic mass is 9.98. The molecule has 1 amide bonds. The van der Waals surface area contributed by atoms with Crippen LogP contribution in [0.25, 0.3) is 5.57 Å². The number of piperidine rings is 1. The van der Waals surface area contributed by atoms with Crippen LogP contribution >= 0.6 is 0 Å². The molecule has 1 aromatic rings. The van der Waals surface area contributed by atoms with Gasteiger partial charge in [0.2, 0.25) is 10.0 Å². The summed E-state index contributed by atoms with van der Waals surface area (Å²) in [5.41, 5.74) is 1.43. The fraction of sp³-hybridized carbons (Fsp3) is 0.636. The lowest BCUT2D eigenvalue weighted by molar-refractivity contribution is 0.0165. The number of carbonyl (C=O) groups is 1. The van der Waals surface area contributed by atoms with Crippen LogP contribution in [-0.2, 0) is 14.8 Å². The SMILES string of the molecule is CC(C)(C)OC(=O)N1CCC(COc2ccc(C3=CCN(S(C)(=O)=O)CC3)nc2)CC1. The molecule has 0 aliphatic carbocycles. The van der Waals surface area contributed by atoms with Crippen LogP contribution in [0.15, 0.2) is 24.4 Å². The molecule has 8 nitrogen and oxygen atoms in total. The molecule has 31 heavy (non-hydrogen) atoms. The number of carbonyl (C=O) groups excluding carboxylic acids is 1. The molecule has 3 heterocycles. The molecule has 0 N–H and O–H groups in total. The van der Waals surface area contributed by atoms with Crippen molar-refractivity contribution in [1.82, 2.24) is 14.2 Å². The van der Waals surface area contributed by atoms with Gasteiger partial charge < -0.3 is 14.4 Å². The van der Waals surface area contributed by atoms with Gasteiger partial charge in [-0.1, -0.05) is 6.08 Å². The minimum Gasteiger partial charge on any atom is -0.492 e. The van der Waals surface area contributed by atoms with Crippen molar-refractivity contribution in [3.63, 3.8) is 0 Å².